The van der Waals surface area contributed by atoms with E-state index in [1.807, 2.05) is 0 Å². The molecular weight excluding hydrogens is 431 g/mol. The molecule has 0 aliphatic heterocycles. The molecule has 0 bridgehead atoms. The maximum atomic E-state index is 13.3. The van der Waals surface area contributed by atoms with Gasteiger partial charge in [0, 0.05) is 25.3 Å². The highest BCUT2D eigenvalue weighted by Crippen LogP contribution is 2.39. The molecule has 0 fully saturated rings. The van der Waals surface area contributed by atoms with E-state index >= 15 is 0 Å². The van der Waals surface area contributed by atoms with Crippen molar-refractivity contribution in [2.24, 2.45) is 0 Å². The van der Waals surface area contributed by atoms with Crippen molar-refractivity contribution in [3.8, 4) is 0 Å². The average molecular weight is 444 g/mol. The van der Waals surface area contributed by atoms with Crippen molar-refractivity contribution in [1.82, 2.24) is 0 Å². The maximum absolute atomic E-state index is 13.3. The molecule has 0 aliphatic rings. The Kier molecular flexibility index (Phi) is 6.02. The molecule has 0 aliphatic carbocycles. The minimum atomic E-state index is -5.21. The summed E-state index contributed by atoms with van der Waals surface area (Å²) in [6, 6.07) is 2.80. The summed E-state index contributed by atoms with van der Waals surface area (Å²) in [4.78, 5) is 13.6. The average Bonchev–Trinajstić information content (AvgIpc) is 2.59. The van der Waals surface area contributed by atoms with Crippen molar-refractivity contribution < 1.29 is 44.3 Å². The van der Waals surface area contributed by atoms with E-state index in [4.69, 9.17) is 0 Å². The van der Waals surface area contributed by atoms with Crippen LogP contribution in [-0.4, -0.2) is 20.0 Å². The van der Waals surface area contributed by atoms with Gasteiger partial charge in [0.1, 0.15) is 0 Å². The fourth-order valence-electron chi connectivity index (χ4n) is 2.43. The number of rotatable bonds is 3. The van der Waals surface area contributed by atoms with Crippen LogP contribution in [0.5, 0.6) is 0 Å². The first-order valence-corrected chi connectivity index (χ1v) is 7.99. The van der Waals surface area contributed by atoms with Gasteiger partial charge in [-0.2, -0.15) is 39.5 Å². The van der Waals surface area contributed by atoms with Crippen LogP contribution in [0.4, 0.5) is 50.9 Å². The molecule has 0 saturated carbocycles. The molecule has 0 spiro atoms. The molecule has 30 heavy (non-hydrogen) atoms. The summed E-state index contributed by atoms with van der Waals surface area (Å²) in [5.41, 5.74) is -6.64. The lowest BCUT2D eigenvalue weighted by molar-refractivity contribution is -0.143. The Balaban J connectivity index is 2.53. The van der Waals surface area contributed by atoms with Crippen LogP contribution in [0.1, 0.15) is 27.0 Å². The molecule has 0 aromatic heterocycles. The number of carbonyl (C=O) groups excluding carboxylic acids is 1. The molecule has 2 rings (SSSR count). The summed E-state index contributed by atoms with van der Waals surface area (Å²) in [6.45, 7) is 0. The maximum Gasteiger partial charge on any atom is 0.418 e. The van der Waals surface area contributed by atoms with E-state index < -0.39 is 52.4 Å². The Labute approximate surface area is 164 Å². The van der Waals surface area contributed by atoms with E-state index in [1.54, 1.807) is 5.32 Å². The number of amides is 1. The van der Waals surface area contributed by atoms with Crippen LogP contribution in [-0.2, 0) is 18.5 Å². The largest absolute Gasteiger partial charge is 0.418 e. The Morgan fingerprint density at radius 3 is 1.67 bits per heavy atom. The molecule has 0 unspecified atom stereocenters. The highest BCUT2D eigenvalue weighted by atomic mass is 19.4. The second-order valence-corrected chi connectivity index (χ2v) is 6.37. The lowest BCUT2D eigenvalue weighted by Gasteiger charge is -2.19. The minimum absolute atomic E-state index is 0.110. The predicted octanol–water partition coefficient (Wildman–Crippen LogP) is 6.06. The fourth-order valence-corrected chi connectivity index (χ4v) is 2.43. The summed E-state index contributed by atoms with van der Waals surface area (Å²) >= 11 is 0. The first-order chi connectivity index (χ1) is 13.5. The Hall–Kier alpha value is -2.92. The molecule has 3 nitrogen and oxygen atoms in total. The summed E-state index contributed by atoms with van der Waals surface area (Å²) in [7, 11) is 2.91. The monoisotopic (exact) mass is 444 g/mol. The Morgan fingerprint density at radius 2 is 1.27 bits per heavy atom. The van der Waals surface area contributed by atoms with E-state index in [0.29, 0.717) is 6.07 Å². The fraction of sp³-hybridized carbons (Fsp3) is 0.278. The number of alkyl halides is 9. The number of halogens is 9. The highest BCUT2D eigenvalue weighted by Gasteiger charge is 2.38. The second kappa shape index (κ2) is 7.73. The van der Waals surface area contributed by atoms with Gasteiger partial charge in [0.05, 0.1) is 22.4 Å². The lowest BCUT2D eigenvalue weighted by Crippen LogP contribution is -2.20. The van der Waals surface area contributed by atoms with Crippen molar-refractivity contribution in [3.05, 3.63) is 58.7 Å². The molecule has 0 radical (unpaired) electrons. The van der Waals surface area contributed by atoms with Gasteiger partial charge < -0.3 is 10.2 Å². The SMILES string of the molecule is CN(C)c1ccc(NC(=O)c2cc(C(F)(F)F)cc(C(F)(F)F)c2)c(C(F)(F)F)c1. The Bertz CT molecular complexity index is 912. The van der Waals surface area contributed by atoms with E-state index in [2.05, 4.69) is 0 Å². The van der Waals surface area contributed by atoms with Crippen molar-refractivity contribution in [2.45, 2.75) is 18.5 Å². The number of carbonyl (C=O) groups is 1. The predicted molar refractivity (Wildman–Crippen MR) is 90.2 cm³/mol. The van der Waals surface area contributed by atoms with Gasteiger partial charge >= 0.3 is 18.5 Å². The van der Waals surface area contributed by atoms with Crippen LogP contribution >= 0.6 is 0 Å². The van der Waals surface area contributed by atoms with Gasteiger partial charge in [-0.05, 0) is 36.4 Å². The van der Waals surface area contributed by atoms with Gasteiger partial charge in [-0.1, -0.05) is 0 Å². The standard InChI is InChI=1S/C18H13F9N2O/c1-29(2)12-3-4-14(13(8-12)18(25,26)27)28-15(30)9-5-10(16(19,20)21)7-11(6-9)17(22,23)24/h3-8H,1-2H3,(H,28,30). The first-order valence-electron chi connectivity index (χ1n) is 7.99. The van der Waals surface area contributed by atoms with Crippen LogP contribution in [0.15, 0.2) is 36.4 Å². The summed E-state index contributed by atoms with van der Waals surface area (Å²) < 4.78 is 117. The van der Waals surface area contributed by atoms with Gasteiger partial charge in [-0.3, -0.25) is 4.79 Å². The lowest BCUT2D eigenvalue weighted by atomic mass is 10.0. The zero-order valence-corrected chi connectivity index (χ0v) is 15.2. The van der Waals surface area contributed by atoms with Crippen LogP contribution in [0.3, 0.4) is 0 Å². The van der Waals surface area contributed by atoms with Crippen LogP contribution in [0.2, 0.25) is 0 Å². The van der Waals surface area contributed by atoms with E-state index in [1.165, 1.54) is 25.1 Å². The highest BCUT2D eigenvalue weighted by molar-refractivity contribution is 6.05. The number of hydrogen-bond donors (Lipinski definition) is 1. The molecule has 12 heteroatoms. The zero-order chi connectivity index (χ0) is 23.1. The first kappa shape index (κ1) is 23.4. The zero-order valence-electron chi connectivity index (χ0n) is 15.2. The topological polar surface area (TPSA) is 32.3 Å². The normalized spacial score (nSPS) is 12.6. The molecule has 2 aromatic carbocycles. The summed E-state index contributed by atoms with van der Waals surface area (Å²) in [5, 5.41) is 1.74. The molecule has 164 valence electrons. The van der Waals surface area contributed by atoms with Crippen LogP contribution in [0, 0.1) is 0 Å². The van der Waals surface area contributed by atoms with Crippen molar-refractivity contribution in [1.29, 1.82) is 0 Å². The van der Waals surface area contributed by atoms with E-state index in [9.17, 15) is 44.3 Å². The number of nitrogens with one attached hydrogen (secondary N) is 1. The molecule has 1 amide bonds. The van der Waals surface area contributed by atoms with E-state index in [-0.39, 0.29) is 23.9 Å². The summed E-state index contributed by atoms with van der Waals surface area (Å²) in [5.74, 6) is -1.56. The number of benzene rings is 2. The molecule has 0 heterocycles. The van der Waals surface area contributed by atoms with Gasteiger partial charge in [-0.25, -0.2) is 0 Å². The number of nitrogens with zero attached hydrogens (tertiary/aromatic N) is 1. The molecule has 0 saturated heterocycles. The van der Waals surface area contributed by atoms with Gasteiger partial charge in [0.2, 0.25) is 0 Å². The van der Waals surface area contributed by atoms with Gasteiger partial charge in [0.25, 0.3) is 5.91 Å². The third-order valence-electron chi connectivity index (χ3n) is 3.92. The molecule has 0 atom stereocenters. The molecule has 2 aromatic rings. The second-order valence-electron chi connectivity index (χ2n) is 6.37. The third kappa shape index (κ3) is 5.36. The quantitative estimate of drug-likeness (QED) is 0.584. The van der Waals surface area contributed by atoms with Gasteiger partial charge in [0.15, 0.2) is 0 Å². The van der Waals surface area contributed by atoms with Crippen molar-refractivity contribution in [2.75, 3.05) is 24.3 Å². The van der Waals surface area contributed by atoms with Crippen LogP contribution in [0.25, 0.3) is 0 Å². The van der Waals surface area contributed by atoms with Crippen LogP contribution < -0.4 is 10.2 Å². The Morgan fingerprint density at radius 1 is 0.767 bits per heavy atom. The smallest absolute Gasteiger partial charge is 0.378 e. The minimum Gasteiger partial charge on any atom is -0.378 e. The molecular formula is C18H13F9N2O. The van der Waals surface area contributed by atoms with Crippen molar-refractivity contribution >= 4 is 17.3 Å². The number of hydrogen-bond acceptors (Lipinski definition) is 2. The van der Waals surface area contributed by atoms with Crippen molar-refractivity contribution in [3.63, 3.8) is 0 Å². The van der Waals surface area contributed by atoms with Gasteiger partial charge in [-0.15, -0.1) is 0 Å². The third-order valence-corrected chi connectivity index (χ3v) is 3.92. The number of anilines is 2. The summed E-state index contributed by atoms with van der Waals surface area (Å²) in [6.07, 6.45) is -15.4. The molecule has 1 N–H and O–H groups in total. The van der Waals surface area contributed by atoms with E-state index in [0.717, 1.165) is 6.07 Å².